The van der Waals surface area contributed by atoms with Crippen LogP contribution in [0.15, 0.2) is 163 Å². The molecule has 0 spiro atoms. The highest BCUT2D eigenvalue weighted by molar-refractivity contribution is 6.03. The molecule has 0 unspecified atom stereocenters. The smallest absolute Gasteiger partial charge is 0.297 e. The number of anilines is 1. The molecule has 7 aromatic rings. The maximum Gasteiger partial charge on any atom is 0.297 e. The number of hydrogen-bond donors (Lipinski definition) is 2. The highest BCUT2D eigenvalue weighted by Gasteiger charge is 2.50. The summed E-state index contributed by atoms with van der Waals surface area (Å²) in [5, 5.41) is 13.9. The van der Waals surface area contributed by atoms with Crippen LogP contribution in [-0.4, -0.2) is 73.7 Å². The molecule has 6 aromatic carbocycles. The van der Waals surface area contributed by atoms with Crippen LogP contribution in [0.4, 0.5) is 5.69 Å². The summed E-state index contributed by atoms with van der Waals surface area (Å²) in [5.74, 6) is -0.0485. The van der Waals surface area contributed by atoms with Crippen LogP contribution in [0.25, 0.3) is 17.0 Å². The molecule has 1 fully saturated rings. The SMILES string of the molecule is CCCCCCCCOc1c(O[C@H]2O[C@H](COCc3ccccc3)[C@@H](OCc3ccccc3)[C@H](OCc3ccccc3)[C@@H]2OCc2ccccc2)c2ccc(NC(=O)/C=C/c3cc(OC)c(O)c(OC)c3)cc2n(C)c1=O. The summed E-state index contributed by atoms with van der Waals surface area (Å²) in [4.78, 5) is 28.3. The average molecular weight is 1050 g/mol. The normalized spacial score (nSPS) is 17.3. The predicted octanol–water partition coefficient (Wildman–Crippen LogP) is 11.7. The molecule has 404 valence electrons. The zero-order chi connectivity index (χ0) is 53.8. The Kier molecular flexibility index (Phi) is 20.7. The van der Waals surface area contributed by atoms with Gasteiger partial charge in [-0.15, -0.1) is 0 Å². The largest absolute Gasteiger partial charge is 0.502 e. The van der Waals surface area contributed by atoms with Crippen molar-refractivity contribution in [3.63, 3.8) is 0 Å². The van der Waals surface area contributed by atoms with Crippen LogP contribution in [0.5, 0.6) is 28.7 Å². The minimum absolute atomic E-state index is 0.0134. The molecule has 0 bridgehead atoms. The topological polar surface area (TPSA) is 154 Å². The number of aromatic hydroxyl groups is 1. The van der Waals surface area contributed by atoms with E-state index in [0.717, 1.165) is 60.8 Å². The molecule has 77 heavy (non-hydrogen) atoms. The second-order valence-electron chi connectivity index (χ2n) is 18.9. The summed E-state index contributed by atoms with van der Waals surface area (Å²) in [6, 6.07) is 48.0. The van der Waals surface area contributed by atoms with Crippen molar-refractivity contribution in [2.24, 2.45) is 7.05 Å². The second-order valence-corrected chi connectivity index (χ2v) is 18.9. The zero-order valence-electron chi connectivity index (χ0n) is 44.3. The van der Waals surface area contributed by atoms with Crippen LogP contribution in [0.3, 0.4) is 0 Å². The number of fused-ring (bicyclic) bond motifs is 1. The summed E-state index contributed by atoms with van der Waals surface area (Å²) in [6.07, 6.45) is 4.58. The Morgan fingerprint density at radius 1 is 0.649 bits per heavy atom. The van der Waals surface area contributed by atoms with Gasteiger partial charge in [0.15, 0.2) is 17.2 Å². The van der Waals surface area contributed by atoms with Crippen molar-refractivity contribution in [2.75, 3.05) is 32.8 Å². The Labute approximate surface area is 451 Å². The lowest BCUT2D eigenvalue weighted by Gasteiger charge is -2.45. The van der Waals surface area contributed by atoms with E-state index in [1.807, 2.05) is 121 Å². The molecule has 8 rings (SSSR count). The van der Waals surface area contributed by atoms with E-state index in [9.17, 15) is 14.7 Å². The van der Waals surface area contributed by atoms with E-state index in [2.05, 4.69) is 12.2 Å². The molecule has 0 saturated carbocycles. The van der Waals surface area contributed by atoms with E-state index in [1.165, 1.54) is 24.9 Å². The van der Waals surface area contributed by atoms with E-state index >= 15 is 0 Å². The van der Waals surface area contributed by atoms with E-state index < -0.39 is 42.2 Å². The summed E-state index contributed by atoms with van der Waals surface area (Å²) in [7, 11) is 4.52. The van der Waals surface area contributed by atoms with Crippen LogP contribution in [-0.2, 0) is 62.0 Å². The molecule has 1 aromatic heterocycles. The average Bonchev–Trinajstić information content (AvgIpc) is 3.47. The van der Waals surface area contributed by atoms with Gasteiger partial charge in [0.1, 0.15) is 24.4 Å². The molecule has 14 heteroatoms. The highest BCUT2D eigenvalue weighted by atomic mass is 16.7. The Balaban J connectivity index is 1.18. The van der Waals surface area contributed by atoms with Crippen molar-refractivity contribution in [3.05, 3.63) is 196 Å². The minimum atomic E-state index is -1.21. The van der Waals surface area contributed by atoms with Crippen LogP contribution >= 0.6 is 0 Å². The maximum absolute atomic E-state index is 14.8. The van der Waals surface area contributed by atoms with Gasteiger partial charge in [0, 0.05) is 24.2 Å². The molecular formula is C63H70N2O12. The van der Waals surface area contributed by atoms with Crippen molar-refractivity contribution in [3.8, 4) is 28.7 Å². The molecule has 5 atom stereocenters. The number of aromatic nitrogens is 1. The molecule has 0 radical (unpaired) electrons. The first kappa shape index (κ1) is 55.8. The quantitative estimate of drug-likeness (QED) is 0.0354. The first-order valence-corrected chi connectivity index (χ1v) is 26.4. The van der Waals surface area contributed by atoms with Gasteiger partial charge in [-0.05, 0) is 70.6 Å². The van der Waals surface area contributed by atoms with Gasteiger partial charge in [-0.3, -0.25) is 9.59 Å². The fourth-order valence-corrected chi connectivity index (χ4v) is 9.18. The Hall–Kier alpha value is -7.46. The summed E-state index contributed by atoms with van der Waals surface area (Å²) < 4.78 is 60.2. The van der Waals surface area contributed by atoms with Crippen molar-refractivity contribution in [1.82, 2.24) is 4.57 Å². The lowest BCUT2D eigenvalue weighted by Crippen LogP contribution is -2.62. The first-order chi connectivity index (χ1) is 37.7. The lowest BCUT2D eigenvalue weighted by molar-refractivity contribution is -0.310. The Bertz CT molecular complexity index is 3000. The molecule has 1 aliphatic rings. The summed E-state index contributed by atoms with van der Waals surface area (Å²) in [5.41, 5.74) is 4.79. The monoisotopic (exact) mass is 1050 g/mol. The number of nitrogens with one attached hydrogen (secondary N) is 1. The molecule has 1 aliphatic heterocycles. The third-order valence-electron chi connectivity index (χ3n) is 13.3. The number of carbonyl (C=O) groups is 1. The number of unbranched alkanes of at least 4 members (excludes halogenated alkanes) is 5. The van der Waals surface area contributed by atoms with Crippen LogP contribution in [0, 0.1) is 0 Å². The number of carbonyl (C=O) groups excluding carboxylic acids is 1. The van der Waals surface area contributed by atoms with E-state index in [4.69, 9.17) is 42.6 Å². The fraction of sp³-hybridized carbons (Fsp3) is 0.333. The van der Waals surface area contributed by atoms with Gasteiger partial charge in [-0.2, -0.15) is 0 Å². The van der Waals surface area contributed by atoms with Crippen LogP contribution in [0.1, 0.15) is 73.3 Å². The second kappa shape index (κ2) is 28.6. The highest BCUT2D eigenvalue weighted by Crippen LogP contribution is 2.40. The Morgan fingerprint density at radius 2 is 1.18 bits per heavy atom. The third kappa shape index (κ3) is 15.4. The number of hydrogen-bond acceptors (Lipinski definition) is 12. The van der Waals surface area contributed by atoms with E-state index in [1.54, 1.807) is 43.5 Å². The molecule has 0 aliphatic carbocycles. The number of ether oxygens (including phenoxy) is 9. The van der Waals surface area contributed by atoms with Crippen LogP contribution in [0.2, 0.25) is 0 Å². The minimum Gasteiger partial charge on any atom is -0.502 e. The number of phenols is 1. The molecule has 1 amide bonds. The van der Waals surface area contributed by atoms with Gasteiger partial charge in [-0.25, -0.2) is 0 Å². The van der Waals surface area contributed by atoms with Gasteiger partial charge in [0.05, 0.1) is 59.4 Å². The number of amides is 1. The molecular weight excluding hydrogens is 977 g/mol. The first-order valence-electron chi connectivity index (χ1n) is 26.4. The standard InChI is InChI=1S/C63H70N2O12/c1-5-6-7-8-9-22-35-72-60-57(50-33-32-49(38-51(50)65(2)62(60)68)64-55(66)34-31-48-36-52(69-3)56(67)53(37-48)70-4)77-63-61(75-42-47-29-20-13-21-30-47)59(74-41-46-27-18-12-19-28-46)58(73-40-45-25-16-11-17-26-45)54(76-63)43-71-39-44-23-14-10-15-24-44/h10-21,23-34,36-38,54,58-59,61,63,67H,5-9,22,35,39-43H2,1-4H3,(H,64,66)/b34-31+/t54-,58-,59+,61+,63-/m1/s1. The number of nitrogens with zero attached hydrogens (tertiary/aromatic N) is 1. The number of pyridine rings is 1. The van der Waals surface area contributed by atoms with Crippen molar-refractivity contribution in [2.45, 2.75) is 103 Å². The number of rotatable bonds is 28. The number of aryl methyl sites for hydroxylation is 1. The van der Waals surface area contributed by atoms with Crippen molar-refractivity contribution < 1.29 is 52.5 Å². The third-order valence-corrected chi connectivity index (χ3v) is 13.3. The fourth-order valence-electron chi connectivity index (χ4n) is 9.18. The molecule has 1 saturated heterocycles. The summed E-state index contributed by atoms with van der Waals surface area (Å²) >= 11 is 0. The molecule has 2 N–H and O–H groups in total. The van der Waals surface area contributed by atoms with E-state index in [0.29, 0.717) is 28.8 Å². The summed E-state index contributed by atoms with van der Waals surface area (Å²) in [6.45, 7) is 3.50. The van der Waals surface area contributed by atoms with Gasteiger partial charge in [0.2, 0.25) is 23.7 Å². The van der Waals surface area contributed by atoms with Crippen LogP contribution < -0.4 is 29.8 Å². The van der Waals surface area contributed by atoms with Gasteiger partial charge in [0.25, 0.3) is 5.56 Å². The molecule has 2 heterocycles. The predicted molar refractivity (Wildman–Crippen MR) is 297 cm³/mol. The lowest BCUT2D eigenvalue weighted by atomic mass is 9.97. The number of methoxy groups -OCH3 is 2. The van der Waals surface area contributed by atoms with Gasteiger partial charge in [-0.1, -0.05) is 160 Å². The van der Waals surface area contributed by atoms with Crippen molar-refractivity contribution in [1.29, 1.82) is 0 Å². The van der Waals surface area contributed by atoms with Gasteiger partial charge < -0.3 is 57.6 Å². The molecule has 14 nitrogen and oxygen atoms in total. The Morgan fingerprint density at radius 3 is 1.75 bits per heavy atom. The maximum atomic E-state index is 14.8. The van der Waals surface area contributed by atoms with Crippen molar-refractivity contribution >= 4 is 28.6 Å². The van der Waals surface area contributed by atoms with Gasteiger partial charge >= 0.3 is 0 Å². The zero-order valence-corrected chi connectivity index (χ0v) is 44.3. The number of benzene rings is 6. The van der Waals surface area contributed by atoms with E-state index in [-0.39, 0.29) is 61.8 Å². The number of phenolic OH excluding ortho intramolecular Hbond substituents is 1.